The van der Waals surface area contributed by atoms with Crippen molar-refractivity contribution in [3.63, 3.8) is 0 Å². The van der Waals surface area contributed by atoms with Gasteiger partial charge in [0.15, 0.2) is 11.6 Å². The fourth-order valence-electron chi connectivity index (χ4n) is 3.10. The average Bonchev–Trinajstić information content (AvgIpc) is 3.05. The number of aromatic nitrogens is 1. The first-order chi connectivity index (χ1) is 13.9. The van der Waals surface area contributed by atoms with Crippen molar-refractivity contribution >= 4 is 38.4 Å². The van der Waals surface area contributed by atoms with E-state index in [1.165, 1.54) is 18.2 Å². The molecule has 0 atom stereocenters. The summed E-state index contributed by atoms with van der Waals surface area (Å²) in [7, 11) is -4.00. The van der Waals surface area contributed by atoms with Gasteiger partial charge in [-0.3, -0.25) is 9.52 Å². The number of morpholine rings is 1. The van der Waals surface area contributed by atoms with Crippen molar-refractivity contribution < 1.29 is 27.5 Å². The fraction of sp³-hybridized carbons (Fsp3) is 0.222. The minimum Gasteiger partial charge on any atom is -0.504 e. The molecule has 1 aliphatic heterocycles. The maximum absolute atomic E-state index is 12.9. The molecule has 0 bridgehead atoms. The normalized spacial score (nSPS) is 14.8. The van der Waals surface area contributed by atoms with Crippen LogP contribution in [0.5, 0.6) is 5.75 Å². The third-order valence-electron chi connectivity index (χ3n) is 4.51. The van der Waals surface area contributed by atoms with Crippen LogP contribution in [0.2, 0.25) is 0 Å². The number of sulfonamides is 1. The minimum absolute atomic E-state index is 0.0266. The fourth-order valence-corrected chi connectivity index (χ4v) is 4.18. The molecule has 2 aromatic heterocycles. The number of ether oxygens (including phenoxy) is 1. The highest BCUT2D eigenvalue weighted by Gasteiger charge is 2.23. The Morgan fingerprint density at radius 1 is 1.24 bits per heavy atom. The molecule has 1 fully saturated rings. The number of carbonyl (C=O) groups is 1. The van der Waals surface area contributed by atoms with Gasteiger partial charge in [-0.05, 0) is 24.3 Å². The van der Waals surface area contributed by atoms with E-state index in [0.717, 1.165) is 0 Å². The summed E-state index contributed by atoms with van der Waals surface area (Å²) in [6, 6.07) is 7.12. The number of aromatic hydroxyl groups is 1. The molecule has 152 valence electrons. The van der Waals surface area contributed by atoms with Gasteiger partial charge in [0.2, 0.25) is 5.76 Å². The molecule has 1 saturated heterocycles. The number of hydrogen-bond donors (Lipinski definition) is 3. The molecule has 1 aliphatic rings. The number of nitrogens with zero attached hydrogens (tertiary/aromatic N) is 2. The van der Waals surface area contributed by atoms with Gasteiger partial charge in [0, 0.05) is 25.4 Å². The number of anilines is 2. The second kappa shape index (κ2) is 7.26. The van der Waals surface area contributed by atoms with Crippen LogP contribution in [0.1, 0.15) is 10.6 Å². The number of nitrogens with one attached hydrogen (secondary N) is 1. The Labute approximate surface area is 165 Å². The van der Waals surface area contributed by atoms with E-state index < -0.39 is 27.4 Å². The quantitative estimate of drug-likeness (QED) is 0.561. The number of pyridine rings is 1. The van der Waals surface area contributed by atoms with E-state index in [2.05, 4.69) is 9.71 Å². The number of fused-ring (bicyclic) bond motifs is 1. The summed E-state index contributed by atoms with van der Waals surface area (Å²) in [6.45, 7) is 2.26. The van der Waals surface area contributed by atoms with Gasteiger partial charge in [0.1, 0.15) is 5.58 Å². The maximum atomic E-state index is 12.9. The number of primary amides is 1. The smallest absolute Gasteiger partial charge is 0.288 e. The third kappa shape index (κ3) is 3.57. The molecular weight excluding hydrogens is 400 g/mol. The molecular formula is C18H18N4O6S. The van der Waals surface area contributed by atoms with Crippen LogP contribution in [0.4, 0.5) is 11.5 Å². The molecule has 29 heavy (non-hydrogen) atoms. The predicted molar refractivity (Wildman–Crippen MR) is 104 cm³/mol. The van der Waals surface area contributed by atoms with E-state index in [1.807, 2.05) is 4.90 Å². The zero-order valence-electron chi connectivity index (χ0n) is 15.2. The zero-order valence-corrected chi connectivity index (χ0v) is 16.0. The predicted octanol–water partition coefficient (Wildman–Crippen LogP) is 1.27. The van der Waals surface area contributed by atoms with Crippen molar-refractivity contribution in [3.8, 4) is 5.75 Å². The van der Waals surface area contributed by atoms with Crippen LogP contribution in [0.15, 0.2) is 45.8 Å². The Kier molecular flexibility index (Phi) is 4.76. The van der Waals surface area contributed by atoms with Crippen LogP contribution in [-0.2, 0) is 14.8 Å². The Morgan fingerprint density at radius 2 is 2.00 bits per heavy atom. The molecule has 10 nitrogen and oxygen atoms in total. The standard InChI is InChI=1S/C18H18N4O6S/c19-17(24)16-15(23)12-4-3-11(10-14(12)28-16)29(25,26)21-13-2-1-5-20-18(13)22-6-8-27-9-7-22/h1-5,10,21,23H,6-9H2,(H2,19,24). The summed E-state index contributed by atoms with van der Waals surface area (Å²) in [5.41, 5.74) is 5.50. The molecule has 1 amide bonds. The van der Waals surface area contributed by atoms with E-state index in [0.29, 0.717) is 37.8 Å². The second-order valence-electron chi connectivity index (χ2n) is 6.38. The van der Waals surface area contributed by atoms with Gasteiger partial charge in [-0.2, -0.15) is 0 Å². The molecule has 0 unspecified atom stereocenters. The lowest BCUT2D eigenvalue weighted by atomic mass is 10.2. The molecule has 0 spiro atoms. The summed E-state index contributed by atoms with van der Waals surface area (Å²) >= 11 is 0. The van der Waals surface area contributed by atoms with Crippen LogP contribution >= 0.6 is 0 Å². The van der Waals surface area contributed by atoms with Crippen molar-refractivity contribution in [2.45, 2.75) is 4.90 Å². The Hall–Kier alpha value is -3.31. The highest BCUT2D eigenvalue weighted by Crippen LogP contribution is 2.34. The Morgan fingerprint density at radius 3 is 2.72 bits per heavy atom. The number of hydrogen-bond acceptors (Lipinski definition) is 8. The lowest BCUT2D eigenvalue weighted by molar-refractivity contribution is 0.0972. The minimum atomic E-state index is -4.00. The van der Waals surface area contributed by atoms with Crippen molar-refractivity contribution in [1.82, 2.24) is 4.98 Å². The lowest BCUT2D eigenvalue weighted by Crippen LogP contribution is -2.37. The average molecular weight is 418 g/mol. The molecule has 0 aliphatic carbocycles. The first-order valence-corrected chi connectivity index (χ1v) is 10.2. The van der Waals surface area contributed by atoms with E-state index in [1.54, 1.807) is 18.3 Å². The van der Waals surface area contributed by atoms with Crippen molar-refractivity contribution in [1.29, 1.82) is 0 Å². The molecule has 3 aromatic rings. The summed E-state index contributed by atoms with van der Waals surface area (Å²) in [5, 5.41) is 10.2. The van der Waals surface area contributed by atoms with E-state index >= 15 is 0 Å². The van der Waals surface area contributed by atoms with Crippen molar-refractivity contribution in [3.05, 3.63) is 42.3 Å². The van der Waals surface area contributed by atoms with Gasteiger partial charge in [-0.15, -0.1) is 0 Å². The monoisotopic (exact) mass is 418 g/mol. The first kappa shape index (κ1) is 19.0. The molecule has 4 N–H and O–H groups in total. The molecule has 11 heteroatoms. The van der Waals surface area contributed by atoms with Gasteiger partial charge in [0.05, 0.1) is 29.2 Å². The number of benzene rings is 1. The van der Waals surface area contributed by atoms with Gasteiger partial charge in [-0.25, -0.2) is 13.4 Å². The summed E-state index contributed by atoms with van der Waals surface area (Å²) in [6.07, 6.45) is 1.59. The molecule has 1 aromatic carbocycles. The lowest BCUT2D eigenvalue weighted by Gasteiger charge is -2.29. The van der Waals surface area contributed by atoms with Crippen LogP contribution < -0.4 is 15.4 Å². The maximum Gasteiger partial charge on any atom is 0.288 e. The largest absolute Gasteiger partial charge is 0.504 e. The second-order valence-corrected chi connectivity index (χ2v) is 8.06. The van der Waals surface area contributed by atoms with E-state index in [-0.39, 0.29) is 15.9 Å². The highest BCUT2D eigenvalue weighted by molar-refractivity contribution is 7.92. The number of rotatable bonds is 5. The van der Waals surface area contributed by atoms with Gasteiger partial charge < -0.3 is 24.9 Å². The van der Waals surface area contributed by atoms with Gasteiger partial charge >= 0.3 is 0 Å². The molecule has 3 heterocycles. The van der Waals surface area contributed by atoms with Crippen LogP contribution in [0, 0.1) is 0 Å². The highest BCUT2D eigenvalue weighted by atomic mass is 32.2. The van der Waals surface area contributed by atoms with Gasteiger partial charge in [-0.1, -0.05) is 0 Å². The Balaban J connectivity index is 1.68. The van der Waals surface area contributed by atoms with E-state index in [9.17, 15) is 18.3 Å². The number of amides is 1. The number of carbonyl (C=O) groups excluding carboxylic acids is 1. The third-order valence-corrected chi connectivity index (χ3v) is 5.87. The Bertz CT molecular complexity index is 1180. The van der Waals surface area contributed by atoms with Crippen LogP contribution in [-0.4, -0.2) is 50.7 Å². The summed E-state index contributed by atoms with van der Waals surface area (Å²) < 4.78 is 38.9. The molecule has 0 saturated carbocycles. The van der Waals surface area contributed by atoms with Crippen molar-refractivity contribution in [2.75, 3.05) is 35.9 Å². The SMILES string of the molecule is NC(=O)c1oc2cc(S(=O)(=O)Nc3cccnc3N3CCOCC3)ccc2c1O. The number of nitrogens with two attached hydrogens (primary N) is 1. The molecule has 4 rings (SSSR count). The summed E-state index contributed by atoms with van der Waals surface area (Å²) in [5.74, 6) is -1.30. The summed E-state index contributed by atoms with van der Waals surface area (Å²) in [4.78, 5) is 17.5. The van der Waals surface area contributed by atoms with E-state index in [4.69, 9.17) is 14.9 Å². The van der Waals surface area contributed by atoms with Gasteiger partial charge in [0.25, 0.3) is 15.9 Å². The van der Waals surface area contributed by atoms with Crippen LogP contribution in [0.25, 0.3) is 11.0 Å². The zero-order chi connectivity index (χ0) is 20.6. The number of furan rings is 1. The van der Waals surface area contributed by atoms with Crippen LogP contribution in [0.3, 0.4) is 0 Å². The molecule has 0 radical (unpaired) electrons. The topological polar surface area (TPSA) is 148 Å². The first-order valence-electron chi connectivity index (χ1n) is 8.72. The van der Waals surface area contributed by atoms with Crippen molar-refractivity contribution in [2.24, 2.45) is 5.73 Å².